The Kier molecular flexibility index (Phi) is 4.58. The first-order valence-corrected chi connectivity index (χ1v) is 11.0. The summed E-state index contributed by atoms with van der Waals surface area (Å²) in [5.41, 5.74) is 4.94. The van der Waals surface area contributed by atoms with Crippen LogP contribution in [0.1, 0.15) is 5.56 Å². The summed E-state index contributed by atoms with van der Waals surface area (Å²) in [4.78, 5) is 21.4. The van der Waals surface area contributed by atoms with Gasteiger partial charge in [-0.3, -0.25) is 10.1 Å². The van der Waals surface area contributed by atoms with Gasteiger partial charge in [0, 0.05) is 50.3 Å². The van der Waals surface area contributed by atoms with Crippen LogP contribution in [0.4, 0.5) is 10.2 Å². The van der Waals surface area contributed by atoms with Crippen LogP contribution in [-0.2, 0) is 0 Å². The summed E-state index contributed by atoms with van der Waals surface area (Å²) in [6.45, 7) is 5.65. The minimum atomic E-state index is -0.330. The van der Waals surface area contributed by atoms with Gasteiger partial charge < -0.3 is 14.8 Å². The largest absolute Gasteiger partial charge is 0.352 e. The summed E-state index contributed by atoms with van der Waals surface area (Å²) < 4.78 is 15.8. The number of aromatic amines is 2. The fourth-order valence-corrected chi connectivity index (χ4v) is 4.51. The van der Waals surface area contributed by atoms with E-state index in [9.17, 15) is 0 Å². The van der Waals surface area contributed by atoms with E-state index in [2.05, 4.69) is 42.0 Å². The maximum atomic E-state index is 15.8. The number of imidazole rings is 1. The Bertz CT molecular complexity index is 1480. The van der Waals surface area contributed by atoms with E-state index in [0.29, 0.717) is 28.0 Å². The number of benzene rings is 1. The van der Waals surface area contributed by atoms with Crippen molar-refractivity contribution in [2.75, 3.05) is 38.1 Å². The highest BCUT2D eigenvalue weighted by Gasteiger charge is 2.23. The van der Waals surface area contributed by atoms with E-state index < -0.39 is 0 Å². The molecule has 0 spiro atoms. The van der Waals surface area contributed by atoms with Gasteiger partial charge in [-0.2, -0.15) is 5.10 Å². The van der Waals surface area contributed by atoms with Crippen molar-refractivity contribution in [3.63, 3.8) is 0 Å². The third-order valence-electron chi connectivity index (χ3n) is 6.39. The second kappa shape index (κ2) is 7.63. The highest BCUT2D eigenvalue weighted by Crippen LogP contribution is 2.35. The standard InChI is InChI=1S/C24H23FN8/c1-14-13-26-7-5-15(14)16-3-4-17-19(20(16)25)22(31-30-17)23-28-18-6-8-27-24(21(18)29-23)33-11-9-32(2)10-12-33/h3-8,13H,9-12H2,1-2H3,(H,28,29)(H,30,31). The average molecular weight is 443 g/mol. The van der Waals surface area contributed by atoms with Crippen LogP contribution >= 0.6 is 0 Å². The van der Waals surface area contributed by atoms with E-state index in [0.717, 1.165) is 54.2 Å². The summed E-state index contributed by atoms with van der Waals surface area (Å²) in [5, 5.41) is 7.79. The molecule has 1 fully saturated rings. The fourth-order valence-electron chi connectivity index (χ4n) is 4.51. The van der Waals surface area contributed by atoms with Crippen molar-refractivity contribution < 1.29 is 4.39 Å². The Morgan fingerprint density at radius 1 is 0.970 bits per heavy atom. The fraction of sp³-hybridized carbons (Fsp3) is 0.250. The summed E-state index contributed by atoms with van der Waals surface area (Å²) in [5.74, 6) is 1.03. The third kappa shape index (κ3) is 3.23. The Labute approximate surface area is 189 Å². The van der Waals surface area contributed by atoms with Gasteiger partial charge in [0.25, 0.3) is 0 Å². The van der Waals surface area contributed by atoms with Gasteiger partial charge in [0.05, 0.1) is 16.4 Å². The van der Waals surface area contributed by atoms with Crippen molar-refractivity contribution in [1.29, 1.82) is 0 Å². The van der Waals surface area contributed by atoms with Crippen molar-refractivity contribution in [3.8, 4) is 22.6 Å². The molecule has 1 aliphatic heterocycles. The number of H-pyrrole nitrogens is 2. The van der Waals surface area contributed by atoms with Crippen LogP contribution in [0.15, 0.2) is 42.9 Å². The van der Waals surface area contributed by atoms with Crippen LogP contribution in [0, 0.1) is 12.7 Å². The minimum Gasteiger partial charge on any atom is -0.352 e. The molecule has 1 aliphatic rings. The molecule has 6 rings (SSSR count). The minimum absolute atomic E-state index is 0.330. The van der Waals surface area contributed by atoms with Crippen molar-refractivity contribution >= 4 is 27.8 Å². The lowest BCUT2D eigenvalue weighted by atomic mass is 9.99. The molecule has 0 bridgehead atoms. The van der Waals surface area contributed by atoms with E-state index in [-0.39, 0.29) is 5.82 Å². The molecule has 0 unspecified atom stereocenters. The van der Waals surface area contributed by atoms with Crippen molar-refractivity contribution in [2.45, 2.75) is 6.92 Å². The molecule has 0 amide bonds. The van der Waals surface area contributed by atoms with E-state index in [1.807, 2.05) is 25.1 Å². The number of nitrogens with zero attached hydrogens (tertiary/aromatic N) is 6. The first kappa shape index (κ1) is 19.8. The highest BCUT2D eigenvalue weighted by molar-refractivity contribution is 5.97. The number of hydrogen-bond donors (Lipinski definition) is 2. The number of likely N-dealkylation sites (N-methyl/N-ethyl adjacent to an activating group) is 1. The first-order valence-electron chi connectivity index (χ1n) is 11.0. The molecular formula is C24H23FN8. The quantitative estimate of drug-likeness (QED) is 0.442. The van der Waals surface area contributed by atoms with Crippen molar-refractivity contribution in [3.05, 3.63) is 54.2 Å². The number of piperazine rings is 1. The number of pyridine rings is 2. The molecule has 9 heteroatoms. The lowest BCUT2D eigenvalue weighted by Crippen LogP contribution is -2.44. The number of fused-ring (bicyclic) bond motifs is 2. The molecule has 1 saturated heterocycles. The summed E-state index contributed by atoms with van der Waals surface area (Å²) >= 11 is 0. The van der Waals surface area contributed by atoms with Crippen LogP contribution < -0.4 is 4.90 Å². The molecule has 0 radical (unpaired) electrons. The molecule has 5 aromatic rings. The maximum absolute atomic E-state index is 15.8. The van der Waals surface area contributed by atoms with Gasteiger partial charge in [0.15, 0.2) is 11.6 Å². The van der Waals surface area contributed by atoms with Gasteiger partial charge in [0.2, 0.25) is 0 Å². The smallest absolute Gasteiger partial charge is 0.159 e. The Morgan fingerprint density at radius 3 is 2.64 bits per heavy atom. The van der Waals surface area contributed by atoms with Crippen LogP contribution in [0.25, 0.3) is 44.6 Å². The van der Waals surface area contributed by atoms with Crippen LogP contribution in [0.5, 0.6) is 0 Å². The Morgan fingerprint density at radius 2 is 1.82 bits per heavy atom. The zero-order valence-corrected chi connectivity index (χ0v) is 18.4. The molecule has 0 saturated carbocycles. The number of aromatic nitrogens is 6. The van der Waals surface area contributed by atoms with Gasteiger partial charge in [-0.15, -0.1) is 0 Å². The lowest BCUT2D eigenvalue weighted by molar-refractivity contribution is 0.312. The SMILES string of the molecule is Cc1cnccc1-c1ccc2[nH]nc(-c3nc4c(N5CCN(C)CC5)nccc4[nH]3)c2c1F. The molecular weight excluding hydrogens is 419 g/mol. The number of rotatable bonds is 3. The number of nitrogens with one attached hydrogen (secondary N) is 2. The number of anilines is 1. The third-order valence-corrected chi connectivity index (χ3v) is 6.39. The summed E-state index contributed by atoms with van der Waals surface area (Å²) in [6.07, 6.45) is 5.20. The number of aryl methyl sites for hydroxylation is 1. The van der Waals surface area contributed by atoms with E-state index >= 15 is 4.39 Å². The normalized spacial score (nSPS) is 15.1. The lowest BCUT2D eigenvalue weighted by Gasteiger charge is -2.33. The maximum Gasteiger partial charge on any atom is 0.159 e. The molecule has 166 valence electrons. The Balaban J connectivity index is 1.48. The first-order chi connectivity index (χ1) is 16.1. The molecule has 33 heavy (non-hydrogen) atoms. The molecule has 4 aromatic heterocycles. The summed E-state index contributed by atoms with van der Waals surface area (Å²) in [7, 11) is 2.12. The molecule has 8 nitrogen and oxygen atoms in total. The zero-order valence-electron chi connectivity index (χ0n) is 18.4. The van der Waals surface area contributed by atoms with Crippen LogP contribution in [-0.4, -0.2) is 68.3 Å². The van der Waals surface area contributed by atoms with Crippen molar-refractivity contribution in [1.82, 2.24) is 35.0 Å². The zero-order chi connectivity index (χ0) is 22.5. The number of halogens is 1. The molecule has 0 atom stereocenters. The van der Waals surface area contributed by atoms with Crippen molar-refractivity contribution in [2.24, 2.45) is 0 Å². The molecule has 2 N–H and O–H groups in total. The second-order valence-corrected chi connectivity index (χ2v) is 8.52. The Hall–Kier alpha value is -3.85. The van der Waals surface area contributed by atoms with Gasteiger partial charge in [-0.05, 0) is 49.4 Å². The molecule has 0 aliphatic carbocycles. The van der Waals surface area contributed by atoms with E-state index in [1.54, 1.807) is 24.7 Å². The van der Waals surface area contributed by atoms with E-state index in [1.165, 1.54) is 0 Å². The van der Waals surface area contributed by atoms with Gasteiger partial charge in [-0.1, -0.05) is 0 Å². The topological polar surface area (TPSA) is 89.6 Å². The van der Waals surface area contributed by atoms with Crippen LogP contribution in [0.3, 0.4) is 0 Å². The van der Waals surface area contributed by atoms with Gasteiger partial charge >= 0.3 is 0 Å². The van der Waals surface area contributed by atoms with Gasteiger partial charge in [-0.25, -0.2) is 14.4 Å². The molecule has 1 aromatic carbocycles. The van der Waals surface area contributed by atoms with Crippen LogP contribution in [0.2, 0.25) is 0 Å². The molecule has 5 heterocycles. The van der Waals surface area contributed by atoms with E-state index in [4.69, 9.17) is 4.98 Å². The van der Waals surface area contributed by atoms with Gasteiger partial charge in [0.1, 0.15) is 17.0 Å². The number of hydrogen-bond acceptors (Lipinski definition) is 6. The second-order valence-electron chi connectivity index (χ2n) is 8.52. The monoisotopic (exact) mass is 442 g/mol. The predicted molar refractivity (Wildman–Crippen MR) is 127 cm³/mol. The highest BCUT2D eigenvalue weighted by atomic mass is 19.1. The average Bonchev–Trinajstić information content (AvgIpc) is 3.45. The summed E-state index contributed by atoms with van der Waals surface area (Å²) in [6, 6.07) is 7.34. The predicted octanol–water partition coefficient (Wildman–Crippen LogP) is 3.76.